The minimum absolute atomic E-state index is 0.0985. The second-order valence-electron chi connectivity index (χ2n) is 11.1. The highest BCUT2D eigenvalue weighted by Gasteiger charge is 2.29. The first-order valence-electron chi connectivity index (χ1n) is 13.6. The third kappa shape index (κ3) is 6.68. The molecule has 42 heavy (non-hydrogen) atoms. The van der Waals surface area contributed by atoms with Crippen molar-refractivity contribution < 1.29 is 23.8 Å². The zero-order valence-corrected chi connectivity index (χ0v) is 26.9. The summed E-state index contributed by atoms with van der Waals surface area (Å²) in [6.45, 7) is 8.50. The summed E-state index contributed by atoms with van der Waals surface area (Å²) in [6, 6.07) is 13.1. The Morgan fingerprint density at radius 1 is 1.14 bits per heavy atom. The molecule has 1 saturated heterocycles. The van der Waals surface area contributed by atoms with Crippen molar-refractivity contribution in [2.75, 3.05) is 13.1 Å². The van der Waals surface area contributed by atoms with E-state index >= 15 is 0 Å². The first-order chi connectivity index (χ1) is 19.9. The summed E-state index contributed by atoms with van der Waals surface area (Å²) in [6.07, 6.45) is 2.10. The number of piperidine rings is 1. The molecule has 12 heteroatoms. The number of nitrogens with zero attached hydrogens (tertiary/aromatic N) is 3. The lowest BCUT2D eigenvalue weighted by Crippen LogP contribution is -2.44. The average Bonchev–Trinajstić information content (AvgIpc) is 3.53. The van der Waals surface area contributed by atoms with E-state index < -0.39 is 17.6 Å². The topological polar surface area (TPSA) is 109 Å². The van der Waals surface area contributed by atoms with E-state index in [1.165, 1.54) is 11.3 Å². The molecule has 9 nitrogen and oxygen atoms in total. The highest BCUT2D eigenvalue weighted by Crippen LogP contribution is 2.39. The van der Waals surface area contributed by atoms with E-state index in [2.05, 4.69) is 20.9 Å². The summed E-state index contributed by atoms with van der Waals surface area (Å²) < 4.78 is 20.8. The van der Waals surface area contributed by atoms with Crippen LogP contribution >= 0.6 is 38.9 Å². The second-order valence-corrected chi connectivity index (χ2v) is 13.4. The highest BCUT2D eigenvalue weighted by molar-refractivity contribution is 9.10. The number of hydrogen-bond acceptors (Lipinski definition) is 7. The summed E-state index contributed by atoms with van der Waals surface area (Å²) >= 11 is 11.6. The van der Waals surface area contributed by atoms with Crippen LogP contribution in [0.3, 0.4) is 0 Å². The molecule has 3 heterocycles. The smallest absolute Gasteiger partial charge is 0.410 e. The van der Waals surface area contributed by atoms with Gasteiger partial charge < -0.3 is 24.8 Å². The van der Waals surface area contributed by atoms with E-state index in [4.69, 9.17) is 31.5 Å². The fourth-order valence-corrected chi connectivity index (χ4v) is 6.35. The molecular weight excluding hydrogens is 644 g/mol. The molecule has 2 N–H and O–H groups in total. The third-order valence-electron chi connectivity index (χ3n) is 6.78. The Bertz CT molecular complexity index is 1620. The number of halogens is 2. The molecule has 5 rings (SSSR count). The Hall–Kier alpha value is -3.28. The van der Waals surface area contributed by atoms with Gasteiger partial charge in [-0.25, -0.2) is 9.78 Å². The molecule has 0 unspecified atom stereocenters. The van der Waals surface area contributed by atoms with Crippen LogP contribution in [0, 0.1) is 0 Å². The largest absolute Gasteiger partial charge is 0.489 e. The van der Waals surface area contributed by atoms with Gasteiger partial charge in [-0.05, 0) is 52.0 Å². The predicted molar refractivity (Wildman–Crippen MR) is 167 cm³/mol. The summed E-state index contributed by atoms with van der Waals surface area (Å²) in [4.78, 5) is 31.2. The van der Waals surface area contributed by atoms with Crippen molar-refractivity contribution in [3.63, 3.8) is 0 Å². The number of primary amides is 1. The number of imidazole rings is 1. The van der Waals surface area contributed by atoms with Crippen molar-refractivity contribution in [2.45, 2.75) is 58.3 Å². The molecule has 222 valence electrons. The number of fused-ring (bicyclic) bond motifs is 1. The molecule has 0 aliphatic carbocycles. The van der Waals surface area contributed by atoms with Crippen LogP contribution in [0.2, 0.25) is 5.02 Å². The van der Waals surface area contributed by atoms with Crippen molar-refractivity contribution in [3.8, 4) is 16.5 Å². The van der Waals surface area contributed by atoms with Gasteiger partial charge in [0.05, 0.1) is 16.1 Å². The van der Waals surface area contributed by atoms with Gasteiger partial charge in [-0.3, -0.25) is 9.36 Å². The fraction of sp³-hybridized carbons (Fsp3) is 0.367. The van der Waals surface area contributed by atoms with Gasteiger partial charge in [0.1, 0.15) is 45.5 Å². The van der Waals surface area contributed by atoms with Crippen LogP contribution in [0.1, 0.15) is 61.9 Å². The molecule has 1 fully saturated rings. The number of rotatable bonds is 7. The Morgan fingerprint density at radius 2 is 1.88 bits per heavy atom. The number of benzene rings is 2. The van der Waals surface area contributed by atoms with E-state index in [9.17, 15) is 9.59 Å². The molecule has 0 spiro atoms. The van der Waals surface area contributed by atoms with E-state index in [0.717, 1.165) is 20.5 Å². The lowest BCUT2D eigenvalue weighted by Gasteiger charge is -2.33. The average molecular weight is 676 g/mol. The molecule has 2 aromatic carbocycles. The van der Waals surface area contributed by atoms with Crippen molar-refractivity contribution >= 4 is 61.9 Å². The summed E-state index contributed by atoms with van der Waals surface area (Å²) in [5.74, 6) is 0.320. The van der Waals surface area contributed by atoms with E-state index in [1.807, 2.05) is 68.7 Å². The molecule has 4 aromatic rings. The Kier molecular flexibility index (Phi) is 8.73. The molecule has 0 bridgehead atoms. The maximum atomic E-state index is 12.4. The van der Waals surface area contributed by atoms with Crippen LogP contribution in [0.15, 0.2) is 53.3 Å². The zero-order chi connectivity index (χ0) is 30.2. The quantitative estimate of drug-likeness (QED) is 0.217. The lowest BCUT2D eigenvalue weighted by molar-refractivity contribution is 0.0126. The highest BCUT2D eigenvalue weighted by atomic mass is 79.9. The van der Waals surface area contributed by atoms with Gasteiger partial charge in [0.25, 0.3) is 5.91 Å². The molecule has 2 aromatic heterocycles. The Morgan fingerprint density at radius 3 is 2.57 bits per heavy atom. The first-order valence-corrected chi connectivity index (χ1v) is 15.5. The molecule has 0 saturated carbocycles. The van der Waals surface area contributed by atoms with Gasteiger partial charge in [-0.15, -0.1) is 11.3 Å². The SMILES string of the molecule is C[C@@H](Oc1cc(-n2cnc3ccc(Br)cc32)sc1C(N)=O)c1cccc(OC2CCN(C(=O)OC(C)(C)C)CC2)c1Cl. The second kappa shape index (κ2) is 12.1. The lowest BCUT2D eigenvalue weighted by atomic mass is 10.1. The fourth-order valence-electron chi connectivity index (χ4n) is 4.75. The van der Waals surface area contributed by atoms with Crippen molar-refractivity contribution in [1.29, 1.82) is 0 Å². The van der Waals surface area contributed by atoms with E-state index in [1.54, 1.807) is 17.3 Å². The van der Waals surface area contributed by atoms with E-state index in [-0.39, 0.29) is 12.2 Å². The maximum absolute atomic E-state index is 12.4. The minimum atomic E-state index is -0.583. The standard InChI is InChI=1S/C30H32BrClN4O5S/c1-17(39-24-15-25(42-27(24)28(33)37)36-16-34-21-9-8-18(31)14-22(21)36)20-6-5-7-23(26(20)32)40-19-10-12-35(13-11-19)29(38)41-30(2,3)4/h5-9,14-17,19H,10-13H2,1-4H3,(H2,33,37)/t17-/m1/s1. The Labute approximate surface area is 261 Å². The Balaban J connectivity index is 1.30. The van der Waals surface area contributed by atoms with Gasteiger partial charge >= 0.3 is 6.09 Å². The number of ether oxygens (including phenoxy) is 3. The van der Waals surface area contributed by atoms with Crippen LogP contribution in [0.25, 0.3) is 16.0 Å². The first kappa shape index (κ1) is 30.2. The van der Waals surface area contributed by atoms with Crippen LogP contribution in [-0.2, 0) is 4.74 Å². The van der Waals surface area contributed by atoms with Gasteiger partial charge in [0.2, 0.25) is 0 Å². The van der Waals surface area contributed by atoms with Crippen LogP contribution in [0.5, 0.6) is 11.5 Å². The number of amides is 2. The number of thiophene rings is 1. The van der Waals surface area contributed by atoms with E-state index in [0.29, 0.717) is 52.9 Å². The maximum Gasteiger partial charge on any atom is 0.410 e. The number of hydrogen-bond donors (Lipinski definition) is 1. The molecule has 1 aliphatic heterocycles. The van der Waals surface area contributed by atoms with Gasteiger partial charge in [0.15, 0.2) is 0 Å². The van der Waals surface area contributed by atoms with Crippen molar-refractivity contribution in [2.24, 2.45) is 5.73 Å². The minimum Gasteiger partial charge on any atom is -0.489 e. The molecular formula is C30H32BrClN4O5S. The molecule has 0 radical (unpaired) electrons. The molecule has 2 amide bonds. The predicted octanol–water partition coefficient (Wildman–Crippen LogP) is 7.52. The monoisotopic (exact) mass is 674 g/mol. The number of carbonyl (C=O) groups excluding carboxylic acids is 2. The van der Waals surface area contributed by atoms with Crippen LogP contribution in [0.4, 0.5) is 4.79 Å². The third-order valence-corrected chi connectivity index (χ3v) is 8.81. The summed E-state index contributed by atoms with van der Waals surface area (Å²) in [5, 5.41) is 1.17. The summed E-state index contributed by atoms with van der Waals surface area (Å²) in [7, 11) is 0. The number of nitrogens with two attached hydrogens (primary N) is 1. The van der Waals surface area contributed by atoms with Crippen molar-refractivity contribution in [3.05, 3.63) is 68.7 Å². The molecule has 1 aliphatic rings. The van der Waals surface area contributed by atoms with Crippen molar-refractivity contribution in [1.82, 2.24) is 14.5 Å². The number of aromatic nitrogens is 2. The summed E-state index contributed by atoms with van der Waals surface area (Å²) in [5.41, 5.74) is 7.60. The normalized spacial score (nSPS) is 15.0. The van der Waals surface area contributed by atoms with Gasteiger partial charge in [0, 0.05) is 42.0 Å². The van der Waals surface area contributed by atoms with Crippen LogP contribution < -0.4 is 15.2 Å². The van der Waals surface area contributed by atoms with Gasteiger partial charge in [-0.2, -0.15) is 0 Å². The number of carbonyl (C=O) groups is 2. The van der Waals surface area contributed by atoms with Crippen LogP contribution in [-0.4, -0.2) is 51.2 Å². The van der Waals surface area contributed by atoms with Gasteiger partial charge in [-0.1, -0.05) is 39.7 Å². The number of likely N-dealkylation sites (tertiary alicyclic amines) is 1. The zero-order valence-electron chi connectivity index (χ0n) is 23.7. The molecule has 1 atom stereocenters.